The molecule has 0 aromatic heterocycles. The first-order valence-corrected chi connectivity index (χ1v) is 8.40. The molecule has 2 rings (SSSR count). The molecule has 0 unspecified atom stereocenters. The number of hydrogen-bond donors (Lipinski definition) is 0. The number of rotatable bonds is 5. The lowest BCUT2D eigenvalue weighted by Gasteiger charge is -2.26. The Morgan fingerprint density at radius 3 is 2.26 bits per heavy atom. The molecule has 0 radical (unpaired) electrons. The normalized spacial score (nSPS) is 11.2. The van der Waals surface area contributed by atoms with Crippen molar-refractivity contribution in [2.75, 3.05) is 18.5 Å². The Balaban J connectivity index is 2.23. The van der Waals surface area contributed by atoms with Crippen LogP contribution in [-0.4, -0.2) is 30.3 Å². The molecule has 144 valence electrons. The zero-order valence-corrected chi connectivity index (χ0v) is 15.5. The molecule has 0 saturated heterocycles. The van der Waals surface area contributed by atoms with Crippen molar-refractivity contribution in [3.8, 4) is 0 Å². The topological polar surface area (TPSA) is 40.6 Å². The standard InChI is InChI=1S/C19H18ClF3N2O2/c1-13(26)25(17-10-15(19(21,22)23)8-9-16(17)20)12-18(27)24(2)11-14-6-4-3-5-7-14/h3-10H,11-12H2,1-2H3. The van der Waals surface area contributed by atoms with Gasteiger partial charge in [0.15, 0.2) is 0 Å². The van der Waals surface area contributed by atoms with Crippen molar-refractivity contribution in [1.82, 2.24) is 4.90 Å². The van der Waals surface area contributed by atoms with Crippen LogP contribution in [-0.2, 0) is 22.3 Å². The van der Waals surface area contributed by atoms with Gasteiger partial charge < -0.3 is 9.80 Å². The summed E-state index contributed by atoms with van der Waals surface area (Å²) < 4.78 is 38.9. The molecule has 2 aromatic rings. The van der Waals surface area contributed by atoms with Crippen LogP contribution in [0.5, 0.6) is 0 Å². The predicted molar refractivity (Wildman–Crippen MR) is 97.4 cm³/mol. The fourth-order valence-electron chi connectivity index (χ4n) is 2.46. The molecule has 8 heteroatoms. The van der Waals surface area contributed by atoms with E-state index in [1.807, 2.05) is 30.3 Å². The summed E-state index contributed by atoms with van der Waals surface area (Å²) in [6, 6.07) is 11.9. The first-order chi connectivity index (χ1) is 12.6. The Morgan fingerprint density at radius 1 is 1.07 bits per heavy atom. The number of carbonyl (C=O) groups excluding carboxylic acids is 2. The number of alkyl halides is 3. The van der Waals surface area contributed by atoms with Crippen molar-refractivity contribution in [3.05, 3.63) is 64.7 Å². The van der Waals surface area contributed by atoms with Crippen LogP contribution >= 0.6 is 11.6 Å². The molecule has 2 aromatic carbocycles. The van der Waals surface area contributed by atoms with Crippen molar-refractivity contribution in [1.29, 1.82) is 0 Å². The number of halogens is 4. The molecular formula is C19H18ClF3N2O2. The van der Waals surface area contributed by atoms with Gasteiger partial charge in [-0.2, -0.15) is 13.2 Å². The summed E-state index contributed by atoms with van der Waals surface area (Å²) in [4.78, 5) is 26.8. The predicted octanol–water partition coefficient (Wildman–Crippen LogP) is 4.37. The van der Waals surface area contributed by atoms with Gasteiger partial charge in [0.25, 0.3) is 0 Å². The smallest absolute Gasteiger partial charge is 0.340 e. The van der Waals surface area contributed by atoms with E-state index in [0.717, 1.165) is 28.7 Å². The minimum atomic E-state index is -4.59. The first-order valence-electron chi connectivity index (χ1n) is 8.02. The van der Waals surface area contributed by atoms with Crippen molar-refractivity contribution < 1.29 is 22.8 Å². The van der Waals surface area contributed by atoms with Crippen LogP contribution in [0.2, 0.25) is 5.02 Å². The molecule has 0 fully saturated rings. The van der Waals surface area contributed by atoms with E-state index in [9.17, 15) is 22.8 Å². The number of amides is 2. The van der Waals surface area contributed by atoms with Crippen LogP contribution in [0.15, 0.2) is 48.5 Å². The van der Waals surface area contributed by atoms with Crippen LogP contribution in [0.4, 0.5) is 18.9 Å². The average Bonchev–Trinajstić information content (AvgIpc) is 2.59. The highest BCUT2D eigenvalue weighted by Crippen LogP contribution is 2.35. The van der Waals surface area contributed by atoms with E-state index in [1.165, 1.54) is 11.8 Å². The van der Waals surface area contributed by atoms with Gasteiger partial charge >= 0.3 is 6.18 Å². The molecule has 27 heavy (non-hydrogen) atoms. The van der Waals surface area contributed by atoms with Crippen LogP contribution in [0, 0.1) is 0 Å². The number of hydrogen-bond acceptors (Lipinski definition) is 2. The van der Waals surface area contributed by atoms with Crippen molar-refractivity contribution >= 4 is 29.1 Å². The molecule has 2 amide bonds. The molecule has 0 saturated carbocycles. The third-order valence-corrected chi connectivity index (χ3v) is 4.25. The lowest BCUT2D eigenvalue weighted by molar-refractivity contribution is -0.137. The molecule has 0 spiro atoms. The molecule has 0 aliphatic carbocycles. The molecule has 0 N–H and O–H groups in total. The van der Waals surface area contributed by atoms with Gasteiger partial charge in [-0.1, -0.05) is 41.9 Å². The van der Waals surface area contributed by atoms with Crippen molar-refractivity contribution in [2.24, 2.45) is 0 Å². The molecule has 0 heterocycles. The zero-order valence-electron chi connectivity index (χ0n) is 14.8. The lowest BCUT2D eigenvalue weighted by atomic mass is 10.1. The third-order valence-electron chi connectivity index (χ3n) is 3.93. The van der Waals surface area contributed by atoms with E-state index in [1.54, 1.807) is 7.05 Å². The van der Waals surface area contributed by atoms with Gasteiger partial charge in [0.05, 0.1) is 16.3 Å². The number of nitrogens with zero attached hydrogens (tertiary/aromatic N) is 2. The second kappa shape index (κ2) is 8.43. The van der Waals surface area contributed by atoms with Gasteiger partial charge in [-0.3, -0.25) is 9.59 Å². The van der Waals surface area contributed by atoms with Crippen LogP contribution in [0.1, 0.15) is 18.1 Å². The highest BCUT2D eigenvalue weighted by Gasteiger charge is 2.32. The van der Waals surface area contributed by atoms with E-state index in [4.69, 9.17) is 11.6 Å². The quantitative estimate of drug-likeness (QED) is 0.750. The third kappa shape index (κ3) is 5.47. The van der Waals surface area contributed by atoms with E-state index in [-0.39, 0.29) is 10.7 Å². The molecule has 0 aliphatic heterocycles. The average molecular weight is 399 g/mol. The molecule has 4 nitrogen and oxygen atoms in total. The first kappa shape index (κ1) is 20.8. The van der Waals surface area contributed by atoms with Crippen molar-refractivity contribution in [3.63, 3.8) is 0 Å². The fourth-order valence-corrected chi connectivity index (χ4v) is 2.68. The van der Waals surface area contributed by atoms with Gasteiger partial charge in [-0.25, -0.2) is 0 Å². The van der Waals surface area contributed by atoms with Crippen LogP contribution < -0.4 is 4.90 Å². The summed E-state index contributed by atoms with van der Waals surface area (Å²) in [7, 11) is 1.56. The highest BCUT2D eigenvalue weighted by atomic mass is 35.5. The van der Waals surface area contributed by atoms with Gasteiger partial charge in [0.2, 0.25) is 11.8 Å². The van der Waals surface area contributed by atoms with Gasteiger partial charge in [0.1, 0.15) is 6.54 Å². The molecule has 0 bridgehead atoms. The maximum atomic E-state index is 13.0. The second-order valence-electron chi connectivity index (χ2n) is 6.00. The monoisotopic (exact) mass is 398 g/mol. The summed E-state index contributed by atoms with van der Waals surface area (Å²) in [6.07, 6.45) is -4.59. The van der Waals surface area contributed by atoms with Crippen LogP contribution in [0.3, 0.4) is 0 Å². The minimum Gasteiger partial charge on any atom is -0.340 e. The summed E-state index contributed by atoms with van der Waals surface area (Å²) in [6.45, 7) is 1.06. The lowest BCUT2D eigenvalue weighted by Crippen LogP contribution is -2.40. The summed E-state index contributed by atoms with van der Waals surface area (Å²) in [5.74, 6) is -1.01. The number of likely N-dealkylation sites (N-methyl/N-ethyl adjacent to an activating group) is 1. The maximum Gasteiger partial charge on any atom is 0.416 e. The SMILES string of the molecule is CC(=O)N(CC(=O)N(C)Cc1ccccc1)c1cc(C(F)(F)F)ccc1Cl. The summed E-state index contributed by atoms with van der Waals surface area (Å²) >= 11 is 5.99. The maximum absolute atomic E-state index is 13.0. The summed E-state index contributed by atoms with van der Waals surface area (Å²) in [5.41, 5.74) is -0.210. The number of anilines is 1. The van der Waals surface area contributed by atoms with Gasteiger partial charge in [-0.15, -0.1) is 0 Å². The minimum absolute atomic E-state index is 0.0447. The van der Waals surface area contributed by atoms with E-state index in [2.05, 4.69) is 0 Å². The van der Waals surface area contributed by atoms with E-state index in [0.29, 0.717) is 6.54 Å². The van der Waals surface area contributed by atoms with Crippen molar-refractivity contribution in [2.45, 2.75) is 19.6 Å². The van der Waals surface area contributed by atoms with E-state index >= 15 is 0 Å². The largest absolute Gasteiger partial charge is 0.416 e. The Labute approximate surface area is 160 Å². The van der Waals surface area contributed by atoms with Crippen LogP contribution in [0.25, 0.3) is 0 Å². The Morgan fingerprint density at radius 2 is 1.70 bits per heavy atom. The highest BCUT2D eigenvalue weighted by molar-refractivity contribution is 6.34. The molecule has 0 atom stereocenters. The van der Waals surface area contributed by atoms with E-state index < -0.39 is 30.1 Å². The number of carbonyl (C=O) groups is 2. The summed E-state index contributed by atoms with van der Waals surface area (Å²) in [5, 5.41) is -0.0447. The van der Waals surface area contributed by atoms with Gasteiger partial charge in [0, 0.05) is 20.5 Å². The number of benzene rings is 2. The molecular weight excluding hydrogens is 381 g/mol. The Hall–Kier alpha value is -2.54. The van der Waals surface area contributed by atoms with Gasteiger partial charge in [-0.05, 0) is 23.8 Å². The Bertz CT molecular complexity index is 825. The Kier molecular flexibility index (Phi) is 6.49. The fraction of sp³-hybridized carbons (Fsp3) is 0.263. The molecule has 0 aliphatic rings. The zero-order chi connectivity index (χ0) is 20.2. The second-order valence-corrected chi connectivity index (χ2v) is 6.41.